The normalized spacial score (nSPS) is 20.7. The molecule has 0 aromatic carbocycles. The Kier molecular flexibility index (Phi) is 4.37. The molecule has 2 heterocycles. The number of anilines is 1. The van der Waals surface area contributed by atoms with E-state index in [1.54, 1.807) is 0 Å². The van der Waals surface area contributed by atoms with Gasteiger partial charge < -0.3 is 5.32 Å². The van der Waals surface area contributed by atoms with Crippen LogP contribution in [0.25, 0.3) is 0 Å². The highest BCUT2D eigenvalue weighted by Gasteiger charge is 2.18. The van der Waals surface area contributed by atoms with Gasteiger partial charge in [0.25, 0.3) is 0 Å². The highest BCUT2D eigenvalue weighted by molar-refractivity contribution is 5.35. The summed E-state index contributed by atoms with van der Waals surface area (Å²) in [7, 11) is 0. The smallest absolute Gasteiger partial charge is 0.126 e. The molecule has 1 aromatic rings. The molecule has 1 aromatic heterocycles. The second-order valence-electron chi connectivity index (χ2n) is 5.07. The number of pyridine rings is 1. The summed E-state index contributed by atoms with van der Waals surface area (Å²) in [6.07, 6.45) is 2.46. The third-order valence-corrected chi connectivity index (χ3v) is 3.26. The lowest BCUT2D eigenvalue weighted by atomic mass is 10.2. The van der Waals surface area contributed by atoms with Crippen LogP contribution in [-0.4, -0.2) is 29.5 Å². The van der Waals surface area contributed by atoms with Crippen LogP contribution in [0.2, 0.25) is 0 Å². The molecule has 1 saturated heterocycles. The molecule has 0 bridgehead atoms. The molecule has 1 fully saturated rings. The molecule has 1 unspecified atom stereocenters. The van der Waals surface area contributed by atoms with Crippen LogP contribution < -0.4 is 5.32 Å². The molecule has 0 saturated carbocycles. The zero-order chi connectivity index (χ0) is 12.1. The molecule has 94 valence electrons. The van der Waals surface area contributed by atoms with Crippen LogP contribution in [0.4, 0.5) is 5.82 Å². The van der Waals surface area contributed by atoms with Crippen LogP contribution in [0.1, 0.15) is 32.4 Å². The van der Waals surface area contributed by atoms with Gasteiger partial charge in [0.05, 0.1) is 5.69 Å². The van der Waals surface area contributed by atoms with E-state index in [0.29, 0.717) is 0 Å². The standard InChI is InChI=1S/C14H23N3/c1-3-8-15-14-6-4-5-13(16-14)11-17-9-7-12(2)10-17/h4-6,12H,3,7-11H2,1-2H3,(H,15,16). The quantitative estimate of drug-likeness (QED) is 0.847. The first-order valence-corrected chi connectivity index (χ1v) is 6.70. The van der Waals surface area contributed by atoms with Crippen molar-refractivity contribution in [2.45, 2.75) is 33.2 Å². The first-order chi connectivity index (χ1) is 8.28. The fourth-order valence-corrected chi connectivity index (χ4v) is 2.32. The number of aromatic nitrogens is 1. The number of hydrogen-bond acceptors (Lipinski definition) is 3. The van der Waals surface area contributed by atoms with Gasteiger partial charge in [-0.15, -0.1) is 0 Å². The summed E-state index contributed by atoms with van der Waals surface area (Å²) in [6, 6.07) is 6.27. The number of likely N-dealkylation sites (tertiary alicyclic amines) is 1. The van der Waals surface area contributed by atoms with Crippen LogP contribution >= 0.6 is 0 Å². The minimum Gasteiger partial charge on any atom is -0.370 e. The fourth-order valence-electron chi connectivity index (χ4n) is 2.32. The summed E-state index contributed by atoms with van der Waals surface area (Å²) in [6.45, 7) is 8.92. The molecule has 2 rings (SSSR count). The molecule has 3 heteroatoms. The summed E-state index contributed by atoms with van der Waals surface area (Å²) < 4.78 is 0. The Morgan fingerprint density at radius 1 is 1.47 bits per heavy atom. The van der Waals surface area contributed by atoms with E-state index in [1.807, 2.05) is 6.07 Å². The maximum Gasteiger partial charge on any atom is 0.126 e. The second kappa shape index (κ2) is 6.01. The number of rotatable bonds is 5. The fraction of sp³-hybridized carbons (Fsp3) is 0.643. The first-order valence-electron chi connectivity index (χ1n) is 6.70. The molecule has 0 aliphatic carbocycles. The van der Waals surface area contributed by atoms with E-state index in [4.69, 9.17) is 0 Å². The van der Waals surface area contributed by atoms with Crippen molar-refractivity contribution in [3.05, 3.63) is 23.9 Å². The Labute approximate surface area is 104 Å². The minimum absolute atomic E-state index is 0.844. The predicted molar refractivity (Wildman–Crippen MR) is 72.1 cm³/mol. The summed E-state index contributed by atoms with van der Waals surface area (Å²) in [5.74, 6) is 1.85. The predicted octanol–water partition coefficient (Wildman–Crippen LogP) is 2.75. The highest BCUT2D eigenvalue weighted by atomic mass is 15.2. The molecule has 0 spiro atoms. The van der Waals surface area contributed by atoms with E-state index < -0.39 is 0 Å². The number of nitrogens with one attached hydrogen (secondary N) is 1. The molecule has 1 N–H and O–H groups in total. The van der Waals surface area contributed by atoms with Gasteiger partial charge in [-0.2, -0.15) is 0 Å². The van der Waals surface area contributed by atoms with Gasteiger partial charge in [0, 0.05) is 19.6 Å². The number of nitrogens with zero attached hydrogens (tertiary/aromatic N) is 2. The maximum absolute atomic E-state index is 4.65. The highest BCUT2D eigenvalue weighted by Crippen LogP contribution is 2.17. The lowest BCUT2D eigenvalue weighted by molar-refractivity contribution is 0.316. The van der Waals surface area contributed by atoms with Crippen LogP contribution in [0, 0.1) is 5.92 Å². The first kappa shape index (κ1) is 12.4. The average molecular weight is 233 g/mol. The zero-order valence-corrected chi connectivity index (χ0v) is 10.9. The molecular formula is C14H23N3. The van der Waals surface area contributed by atoms with Gasteiger partial charge in [0.2, 0.25) is 0 Å². The van der Waals surface area contributed by atoms with Crippen molar-refractivity contribution < 1.29 is 0 Å². The minimum atomic E-state index is 0.844. The van der Waals surface area contributed by atoms with Crippen molar-refractivity contribution >= 4 is 5.82 Å². The molecule has 0 radical (unpaired) electrons. The Morgan fingerprint density at radius 2 is 2.35 bits per heavy atom. The van der Waals surface area contributed by atoms with Crippen molar-refractivity contribution in [2.24, 2.45) is 5.92 Å². The molecule has 1 aliphatic heterocycles. The Bertz CT molecular complexity index is 351. The van der Waals surface area contributed by atoms with E-state index in [0.717, 1.165) is 31.2 Å². The third kappa shape index (κ3) is 3.70. The van der Waals surface area contributed by atoms with E-state index in [-0.39, 0.29) is 0 Å². The maximum atomic E-state index is 4.65. The van der Waals surface area contributed by atoms with Crippen LogP contribution in [-0.2, 0) is 6.54 Å². The lowest BCUT2D eigenvalue weighted by Crippen LogP contribution is -2.20. The largest absolute Gasteiger partial charge is 0.370 e. The lowest BCUT2D eigenvalue weighted by Gasteiger charge is -2.15. The van der Waals surface area contributed by atoms with Crippen molar-refractivity contribution in [3.63, 3.8) is 0 Å². The van der Waals surface area contributed by atoms with E-state index >= 15 is 0 Å². The second-order valence-corrected chi connectivity index (χ2v) is 5.07. The van der Waals surface area contributed by atoms with Crippen molar-refractivity contribution in [1.29, 1.82) is 0 Å². The molecule has 3 nitrogen and oxygen atoms in total. The zero-order valence-electron chi connectivity index (χ0n) is 10.9. The van der Waals surface area contributed by atoms with Crippen LogP contribution in [0.5, 0.6) is 0 Å². The topological polar surface area (TPSA) is 28.2 Å². The summed E-state index contributed by atoms with van der Waals surface area (Å²) in [5.41, 5.74) is 1.18. The van der Waals surface area contributed by atoms with Crippen LogP contribution in [0.15, 0.2) is 18.2 Å². The van der Waals surface area contributed by atoms with Crippen molar-refractivity contribution in [1.82, 2.24) is 9.88 Å². The van der Waals surface area contributed by atoms with E-state index in [9.17, 15) is 0 Å². The molecule has 1 aliphatic rings. The molecule has 0 amide bonds. The monoisotopic (exact) mass is 233 g/mol. The Balaban J connectivity index is 1.91. The van der Waals surface area contributed by atoms with Gasteiger partial charge in [-0.3, -0.25) is 4.90 Å². The Morgan fingerprint density at radius 3 is 3.06 bits per heavy atom. The molecule has 17 heavy (non-hydrogen) atoms. The van der Waals surface area contributed by atoms with Gasteiger partial charge in [-0.05, 0) is 37.4 Å². The SMILES string of the molecule is CCCNc1cccc(CN2CCC(C)C2)n1. The van der Waals surface area contributed by atoms with Gasteiger partial charge in [0.1, 0.15) is 5.82 Å². The summed E-state index contributed by atoms with van der Waals surface area (Å²) in [4.78, 5) is 7.14. The van der Waals surface area contributed by atoms with Crippen molar-refractivity contribution in [2.75, 3.05) is 25.0 Å². The van der Waals surface area contributed by atoms with E-state index in [2.05, 4.69) is 41.2 Å². The summed E-state index contributed by atoms with van der Waals surface area (Å²) in [5, 5.41) is 3.34. The van der Waals surface area contributed by atoms with E-state index in [1.165, 1.54) is 25.2 Å². The van der Waals surface area contributed by atoms with Gasteiger partial charge in [-0.1, -0.05) is 19.9 Å². The summed E-state index contributed by atoms with van der Waals surface area (Å²) >= 11 is 0. The Hall–Kier alpha value is -1.09. The average Bonchev–Trinajstić information content (AvgIpc) is 2.73. The molecular weight excluding hydrogens is 210 g/mol. The van der Waals surface area contributed by atoms with Gasteiger partial charge >= 0.3 is 0 Å². The van der Waals surface area contributed by atoms with Gasteiger partial charge in [0.15, 0.2) is 0 Å². The third-order valence-electron chi connectivity index (χ3n) is 3.26. The van der Waals surface area contributed by atoms with Crippen molar-refractivity contribution in [3.8, 4) is 0 Å². The number of hydrogen-bond donors (Lipinski definition) is 1. The van der Waals surface area contributed by atoms with Crippen LogP contribution in [0.3, 0.4) is 0 Å². The van der Waals surface area contributed by atoms with Gasteiger partial charge in [-0.25, -0.2) is 4.98 Å². The molecule has 1 atom stereocenters.